The molecule has 17 heavy (non-hydrogen) atoms. The Morgan fingerprint density at radius 2 is 1.82 bits per heavy atom. The Hall–Kier alpha value is -1.84. The predicted octanol–water partition coefficient (Wildman–Crippen LogP) is 2.29. The number of carboxylic acids is 1. The van der Waals surface area contributed by atoms with Gasteiger partial charge in [0.25, 0.3) is 0 Å². The van der Waals surface area contributed by atoms with Gasteiger partial charge in [-0.3, -0.25) is 9.59 Å². The number of rotatable bonds is 4. The van der Waals surface area contributed by atoms with E-state index in [1.807, 2.05) is 19.1 Å². The Bertz CT molecular complexity index is 426. The highest BCUT2D eigenvalue weighted by molar-refractivity contribution is 6.04. The fourth-order valence-electron chi connectivity index (χ4n) is 1.62. The number of carbonyl (C=O) groups is 2. The Morgan fingerprint density at radius 3 is 2.29 bits per heavy atom. The first-order chi connectivity index (χ1) is 7.93. The lowest BCUT2D eigenvalue weighted by atomic mass is 9.95. The van der Waals surface area contributed by atoms with Gasteiger partial charge in [0.2, 0.25) is 5.91 Å². The zero-order valence-electron chi connectivity index (χ0n) is 10.2. The summed E-state index contributed by atoms with van der Waals surface area (Å²) >= 11 is 0. The first-order valence-electron chi connectivity index (χ1n) is 5.52. The van der Waals surface area contributed by atoms with Gasteiger partial charge in [0.05, 0.1) is 0 Å². The van der Waals surface area contributed by atoms with Gasteiger partial charge >= 0.3 is 5.97 Å². The van der Waals surface area contributed by atoms with Gasteiger partial charge in [-0.15, -0.1) is 0 Å². The van der Waals surface area contributed by atoms with Crippen LogP contribution in [-0.4, -0.2) is 17.0 Å². The molecule has 0 fully saturated rings. The van der Waals surface area contributed by atoms with E-state index >= 15 is 0 Å². The summed E-state index contributed by atoms with van der Waals surface area (Å²) in [6, 6.07) is 7.28. The first kappa shape index (κ1) is 13.2. The lowest BCUT2D eigenvalue weighted by molar-refractivity contribution is -0.147. The molecule has 92 valence electrons. The number of hydrogen-bond acceptors (Lipinski definition) is 2. The van der Waals surface area contributed by atoms with Crippen LogP contribution < -0.4 is 5.32 Å². The number of carboxylic acid groups (broad SMARTS) is 1. The molecule has 1 amide bonds. The lowest BCUT2D eigenvalue weighted by Crippen LogP contribution is -2.33. The molecule has 1 rings (SSSR count). The minimum absolute atomic E-state index is 0.239. The summed E-state index contributed by atoms with van der Waals surface area (Å²) in [5.41, 5.74) is 1.57. The Morgan fingerprint density at radius 1 is 1.24 bits per heavy atom. The van der Waals surface area contributed by atoms with Crippen molar-refractivity contribution in [2.24, 2.45) is 11.8 Å². The number of aryl methyl sites for hydroxylation is 1. The number of aliphatic carboxylic acids is 1. The van der Waals surface area contributed by atoms with Crippen LogP contribution in [0.3, 0.4) is 0 Å². The third kappa shape index (κ3) is 3.31. The highest BCUT2D eigenvalue weighted by Gasteiger charge is 2.29. The summed E-state index contributed by atoms with van der Waals surface area (Å²) in [4.78, 5) is 22.9. The van der Waals surface area contributed by atoms with E-state index in [2.05, 4.69) is 5.32 Å². The Balaban J connectivity index is 2.85. The lowest BCUT2D eigenvalue weighted by Gasteiger charge is -2.16. The number of anilines is 1. The van der Waals surface area contributed by atoms with E-state index in [0.29, 0.717) is 5.69 Å². The summed E-state index contributed by atoms with van der Waals surface area (Å²) in [6.45, 7) is 5.30. The predicted molar refractivity (Wildman–Crippen MR) is 65.8 cm³/mol. The van der Waals surface area contributed by atoms with E-state index in [-0.39, 0.29) is 5.92 Å². The van der Waals surface area contributed by atoms with Crippen molar-refractivity contribution in [3.05, 3.63) is 29.8 Å². The van der Waals surface area contributed by atoms with Gasteiger partial charge in [0, 0.05) is 5.69 Å². The number of para-hydroxylation sites is 1. The maximum Gasteiger partial charge on any atom is 0.316 e. The van der Waals surface area contributed by atoms with Crippen LogP contribution in [0.25, 0.3) is 0 Å². The molecule has 0 heterocycles. The molecule has 0 aliphatic heterocycles. The Labute approximate surface area is 101 Å². The van der Waals surface area contributed by atoms with Crippen LogP contribution >= 0.6 is 0 Å². The summed E-state index contributed by atoms with van der Waals surface area (Å²) < 4.78 is 0. The molecule has 1 unspecified atom stereocenters. The van der Waals surface area contributed by atoms with Crippen LogP contribution in [0.5, 0.6) is 0 Å². The average molecular weight is 235 g/mol. The van der Waals surface area contributed by atoms with Crippen molar-refractivity contribution >= 4 is 17.6 Å². The van der Waals surface area contributed by atoms with Crippen LogP contribution in [0, 0.1) is 18.8 Å². The van der Waals surface area contributed by atoms with Crippen LogP contribution in [0.2, 0.25) is 0 Å². The fourth-order valence-corrected chi connectivity index (χ4v) is 1.62. The number of hydrogen-bond donors (Lipinski definition) is 2. The normalized spacial score (nSPS) is 12.2. The third-order valence-electron chi connectivity index (χ3n) is 2.62. The molecule has 2 N–H and O–H groups in total. The van der Waals surface area contributed by atoms with E-state index < -0.39 is 17.8 Å². The number of carbonyl (C=O) groups excluding carboxylic acids is 1. The summed E-state index contributed by atoms with van der Waals surface area (Å²) in [5, 5.41) is 11.7. The second-order valence-electron chi connectivity index (χ2n) is 4.36. The molecular weight excluding hydrogens is 218 g/mol. The molecule has 1 aromatic carbocycles. The van der Waals surface area contributed by atoms with Crippen LogP contribution in [0.1, 0.15) is 19.4 Å². The quantitative estimate of drug-likeness (QED) is 0.787. The van der Waals surface area contributed by atoms with E-state index in [4.69, 9.17) is 5.11 Å². The van der Waals surface area contributed by atoms with Crippen molar-refractivity contribution < 1.29 is 14.7 Å². The van der Waals surface area contributed by atoms with Gasteiger partial charge in [0.1, 0.15) is 5.92 Å². The Kier molecular flexibility index (Phi) is 4.26. The highest BCUT2D eigenvalue weighted by Crippen LogP contribution is 2.17. The minimum atomic E-state index is -1.09. The molecule has 0 saturated heterocycles. The molecule has 0 aromatic heterocycles. The van der Waals surface area contributed by atoms with Crippen LogP contribution in [0.4, 0.5) is 5.69 Å². The van der Waals surface area contributed by atoms with Crippen LogP contribution in [0.15, 0.2) is 24.3 Å². The topological polar surface area (TPSA) is 66.4 Å². The molecule has 1 atom stereocenters. The number of benzene rings is 1. The zero-order chi connectivity index (χ0) is 13.0. The summed E-state index contributed by atoms with van der Waals surface area (Å²) in [5.74, 6) is -2.82. The van der Waals surface area contributed by atoms with E-state index in [9.17, 15) is 9.59 Å². The molecule has 0 radical (unpaired) electrons. The molecular formula is C13H17NO3. The molecule has 1 aromatic rings. The van der Waals surface area contributed by atoms with Crippen molar-refractivity contribution in [2.75, 3.05) is 5.32 Å². The molecule has 0 saturated carbocycles. The molecule has 4 heteroatoms. The number of nitrogens with one attached hydrogen (secondary N) is 1. The largest absolute Gasteiger partial charge is 0.481 e. The number of amides is 1. The molecule has 0 aliphatic rings. The van der Waals surface area contributed by atoms with Crippen molar-refractivity contribution in [3.8, 4) is 0 Å². The summed E-state index contributed by atoms with van der Waals surface area (Å²) in [7, 11) is 0. The summed E-state index contributed by atoms with van der Waals surface area (Å²) in [6.07, 6.45) is 0. The second-order valence-corrected chi connectivity index (χ2v) is 4.36. The van der Waals surface area contributed by atoms with Crippen molar-refractivity contribution in [1.82, 2.24) is 0 Å². The van der Waals surface area contributed by atoms with Gasteiger partial charge in [-0.05, 0) is 24.5 Å². The smallest absolute Gasteiger partial charge is 0.316 e. The maximum absolute atomic E-state index is 11.9. The van der Waals surface area contributed by atoms with E-state index in [0.717, 1.165) is 5.56 Å². The van der Waals surface area contributed by atoms with E-state index in [1.54, 1.807) is 26.0 Å². The molecule has 4 nitrogen and oxygen atoms in total. The minimum Gasteiger partial charge on any atom is -0.481 e. The van der Waals surface area contributed by atoms with Gasteiger partial charge < -0.3 is 10.4 Å². The van der Waals surface area contributed by atoms with Crippen molar-refractivity contribution in [1.29, 1.82) is 0 Å². The molecule has 0 spiro atoms. The van der Waals surface area contributed by atoms with Crippen molar-refractivity contribution in [2.45, 2.75) is 20.8 Å². The average Bonchev–Trinajstić information content (AvgIpc) is 2.20. The fraction of sp³-hybridized carbons (Fsp3) is 0.385. The third-order valence-corrected chi connectivity index (χ3v) is 2.62. The standard InChI is InChI=1S/C13H17NO3/c1-8(2)11(13(16)17)12(15)14-10-7-5-4-6-9(10)3/h4-8,11H,1-3H3,(H,14,15)(H,16,17). The van der Waals surface area contributed by atoms with Gasteiger partial charge in [-0.25, -0.2) is 0 Å². The zero-order valence-corrected chi connectivity index (χ0v) is 10.2. The SMILES string of the molecule is Cc1ccccc1NC(=O)C(C(=O)O)C(C)C. The van der Waals surface area contributed by atoms with Crippen LogP contribution in [-0.2, 0) is 9.59 Å². The monoisotopic (exact) mass is 235 g/mol. The molecule has 0 bridgehead atoms. The van der Waals surface area contributed by atoms with E-state index in [1.165, 1.54) is 0 Å². The van der Waals surface area contributed by atoms with Gasteiger partial charge in [0.15, 0.2) is 0 Å². The molecule has 0 aliphatic carbocycles. The van der Waals surface area contributed by atoms with Crippen molar-refractivity contribution in [3.63, 3.8) is 0 Å². The second kappa shape index (κ2) is 5.48. The maximum atomic E-state index is 11.9. The highest BCUT2D eigenvalue weighted by atomic mass is 16.4. The first-order valence-corrected chi connectivity index (χ1v) is 5.52. The van der Waals surface area contributed by atoms with Gasteiger partial charge in [-0.2, -0.15) is 0 Å². The van der Waals surface area contributed by atoms with Gasteiger partial charge in [-0.1, -0.05) is 32.0 Å².